The van der Waals surface area contributed by atoms with Gasteiger partial charge in [-0.05, 0) is 24.3 Å². The Morgan fingerprint density at radius 2 is 2.00 bits per heavy atom. The lowest BCUT2D eigenvalue weighted by Gasteiger charge is -2.06. The fourth-order valence-electron chi connectivity index (χ4n) is 1.83. The summed E-state index contributed by atoms with van der Waals surface area (Å²) in [5.74, 6) is 1.35. The first-order valence-electron chi connectivity index (χ1n) is 6.08. The molecule has 0 aliphatic rings. The van der Waals surface area contributed by atoms with Crippen LogP contribution in [0.5, 0.6) is 0 Å². The van der Waals surface area contributed by atoms with Crippen molar-refractivity contribution >= 4 is 44.3 Å². The first-order valence-corrected chi connectivity index (χ1v) is 6.87. The van der Waals surface area contributed by atoms with E-state index in [1.54, 1.807) is 12.4 Å². The Morgan fingerprint density at radius 1 is 1.10 bits per heavy atom. The molecule has 2 N–H and O–H groups in total. The van der Waals surface area contributed by atoms with Gasteiger partial charge in [0.1, 0.15) is 5.82 Å². The van der Waals surface area contributed by atoms with Crippen LogP contribution in [0.4, 0.5) is 17.5 Å². The van der Waals surface area contributed by atoms with Crippen LogP contribution in [0, 0.1) is 0 Å². The second-order valence-corrected chi connectivity index (χ2v) is 5.12. The van der Waals surface area contributed by atoms with E-state index in [1.165, 1.54) is 0 Å². The van der Waals surface area contributed by atoms with E-state index >= 15 is 0 Å². The normalized spacial score (nSPS) is 10.5. The lowest BCUT2D eigenvalue weighted by atomic mass is 10.3. The molecule has 0 amide bonds. The van der Waals surface area contributed by atoms with Crippen molar-refractivity contribution in [2.45, 2.75) is 0 Å². The van der Waals surface area contributed by atoms with Crippen molar-refractivity contribution in [3.05, 3.63) is 47.2 Å². The molecule has 0 aliphatic heterocycles. The number of aromatic nitrogens is 3. The number of nitrogens with one attached hydrogen (secondary N) is 2. The second-order valence-electron chi connectivity index (χ2n) is 4.21. The van der Waals surface area contributed by atoms with Crippen LogP contribution in [0.2, 0.25) is 0 Å². The van der Waals surface area contributed by atoms with Crippen LogP contribution in [-0.2, 0) is 0 Å². The average molecular weight is 330 g/mol. The molecule has 3 aromatic rings. The Labute approximate surface area is 124 Å². The standard InChI is InChI=1S/C14H12BrN5/c1-16-13-5-9-7-18-14(20-12(9)8-17-13)19-11-4-2-3-10(15)6-11/h2-8H,1H3,(H,16,17)(H,18,19,20). The Hall–Kier alpha value is -2.21. The number of anilines is 3. The third kappa shape index (κ3) is 2.70. The Bertz CT molecular complexity index is 759. The van der Waals surface area contributed by atoms with Gasteiger partial charge in [-0.2, -0.15) is 0 Å². The molecule has 0 saturated carbocycles. The number of nitrogens with zero attached hydrogens (tertiary/aromatic N) is 3. The maximum atomic E-state index is 4.45. The molecule has 20 heavy (non-hydrogen) atoms. The highest BCUT2D eigenvalue weighted by atomic mass is 79.9. The third-order valence-corrected chi connectivity index (χ3v) is 3.30. The summed E-state index contributed by atoms with van der Waals surface area (Å²) in [5, 5.41) is 7.11. The highest BCUT2D eigenvalue weighted by Gasteiger charge is 2.02. The maximum absolute atomic E-state index is 4.45. The van der Waals surface area contributed by atoms with Crippen LogP contribution < -0.4 is 10.6 Å². The molecule has 0 spiro atoms. The Kier molecular flexibility index (Phi) is 3.47. The van der Waals surface area contributed by atoms with E-state index in [9.17, 15) is 0 Å². The number of hydrogen-bond donors (Lipinski definition) is 2. The van der Waals surface area contributed by atoms with E-state index in [0.29, 0.717) is 5.95 Å². The average Bonchev–Trinajstić information content (AvgIpc) is 2.47. The SMILES string of the molecule is CNc1cc2cnc(Nc3cccc(Br)c3)nc2cn1. The predicted octanol–water partition coefficient (Wildman–Crippen LogP) is 3.57. The summed E-state index contributed by atoms with van der Waals surface area (Å²) in [7, 11) is 1.83. The molecule has 0 fully saturated rings. The number of rotatable bonds is 3. The van der Waals surface area contributed by atoms with Gasteiger partial charge in [-0.1, -0.05) is 22.0 Å². The van der Waals surface area contributed by atoms with Gasteiger partial charge >= 0.3 is 0 Å². The molecule has 0 radical (unpaired) electrons. The molecule has 3 rings (SSSR count). The smallest absolute Gasteiger partial charge is 0.227 e. The van der Waals surface area contributed by atoms with Gasteiger partial charge in [-0.15, -0.1) is 0 Å². The van der Waals surface area contributed by atoms with Crippen molar-refractivity contribution in [3.8, 4) is 0 Å². The summed E-state index contributed by atoms with van der Waals surface area (Å²) in [6, 6.07) is 9.76. The molecular formula is C14H12BrN5. The minimum Gasteiger partial charge on any atom is -0.373 e. The Morgan fingerprint density at radius 3 is 2.80 bits per heavy atom. The number of halogens is 1. The molecule has 0 atom stereocenters. The van der Waals surface area contributed by atoms with Gasteiger partial charge in [-0.25, -0.2) is 15.0 Å². The van der Waals surface area contributed by atoms with Gasteiger partial charge in [0, 0.05) is 28.8 Å². The van der Waals surface area contributed by atoms with Crippen LogP contribution in [0.1, 0.15) is 0 Å². The van der Waals surface area contributed by atoms with Crippen molar-refractivity contribution in [2.75, 3.05) is 17.7 Å². The zero-order valence-corrected chi connectivity index (χ0v) is 12.3. The number of benzene rings is 1. The summed E-state index contributed by atoms with van der Waals surface area (Å²) in [6.07, 6.45) is 3.51. The van der Waals surface area contributed by atoms with Crippen molar-refractivity contribution in [1.82, 2.24) is 15.0 Å². The van der Waals surface area contributed by atoms with Gasteiger partial charge in [0.25, 0.3) is 0 Å². The quantitative estimate of drug-likeness (QED) is 0.769. The Balaban J connectivity index is 1.93. The molecule has 100 valence electrons. The lowest BCUT2D eigenvalue weighted by Crippen LogP contribution is -1.98. The first-order chi connectivity index (χ1) is 9.74. The molecule has 0 saturated heterocycles. The van der Waals surface area contributed by atoms with Crippen LogP contribution in [0.3, 0.4) is 0 Å². The molecule has 0 aliphatic carbocycles. The van der Waals surface area contributed by atoms with Crippen molar-refractivity contribution < 1.29 is 0 Å². The van der Waals surface area contributed by atoms with E-state index in [-0.39, 0.29) is 0 Å². The minimum absolute atomic E-state index is 0.551. The summed E-state index contributed by atoms with van der Waals surface area (Å²) >= 11 is 3.43. The van der Waals surface area contributed by atoms with Crippen molar-refractivity contribution in [3.63, 3.8) is 0 Å². The molecule has 2 heterocycles. The molecule has 0 unspecified atom stereocenters. The van der Waals surface area contributed by atoms with E-state index in [4.69, 9.17) is 0 Å². The van der Waals surface area contributed by atoms with Gasteiger partial charge in [-0.3, -0.25) is 0 Å². The van der Waals surface area contributed by atoms with E-state index in [0.717, 1.165) is 26.9 Å². The monoisotopic (exact) mass is 329 g/mol. The number of fused-ring (bicyclic) bond motifs is 1. The van der Waals surface area contributed by atoms with Crippen LogP contribution in [0.15, 0.2) is 47.2 Å². The van der Waals surface area contributed by atoms with E-state index in [1.807, 2.05) is 37.4 Å². The highest BCUT2D eigenvalue weighted by Crippen LogP contribution is 2.20. The molecule has 1 aromatic carbocycles. The van der Waals surface area contributed by atoms with Crippen LogP contribution in [-0.4, -0.2) is 22.0 Å². The van der Waals surface area contributed by atoms with Crippen molar-refractivity contribution in [1.29, 1.82) is 0 Å². The predicted molar refractivity (Wildman–Crippen MR) is 84.3 cm³/mol. The van der Waals surface area contributed by atoms with Gasteiger partial charge in [0.05, 0.1) is 11.7 Å². The number of hydrogen-bond acceptors (Lipinski definition) is 5. The van der Waals surface area contributed by atoms with Crippen LogP contribution in [0.25, 0.3) is 10.9 Å². The lowest BCUT2D eigenvalue weighted by molar-refractivity contribution is 1.19. The first kappa shape index (κ1) is 12.8. The fraction of sp³-hybridized carbons (Fsp3) is 0.0714. The molecular weight excluding hydrogens is 318 g/mol. The maximum Gasteiger partial charge on any atom is 0.227 e. The summed E-state index contributed by atoms with van der Waals surface area (Å²) in [4.78, 5) is 13.0. The third-order valence-electron chi connectivity index (χ3n) is 2.80. The van der Waals surface area contributed by atoms with Crippen molar-refractivity contribution in [2.24, 2.45) is 0 Å². The zero-order chi connectivity index (χ0) is 13.9. The summed E-state index contributed by atoms with van der Waals surface area (Å²) < 4.78 is 1.00. The molecule has 0 bridgehead atoms. The highest BCUT2D eigenvalue weighted by molar-refractivity contribution is 9.10. The van der Waals surface area contributed by atoms with E-state index < -0.39 is 0 Å². The molecule has 2 aromatic heterocycles. The molecule has 5 nitrogen and oxygen atoms in total. The topological polar surface area (TPSA) is 62.7 Å². The zero-order valence-electron chi connectivity index (χ0n) is 10.8. The van der Waals surface area contributed by atoms with Gasteiger partial charge < -0.3 is 10.6 Å². The van der Waals surface area contributed by atoms with Gasteiger partial charge in [0.15, 0.2) is 0 Å². The van der Waals surface area contributed by atoms with Gasteiger partial charge in [0.2, 0.25) is 5.95 Å². The van der Waals surface area contributed by atoms with E-state index in [2.05, 4.69) is 41.5 Å². The summed E-state index contributed by atoms with van der Waals surface area (Å²) in [6.45, 7) is 0. The van der Waals surface area contributed by atoms with Crippen LogP contribution >= 0.6 is 15.9 Å². The summed E-state index contributed by atoms with van der Waals surface area (Å²) in [5.41, 5.74) is 1.73. The minimum atomic E-state index is 0.551. The second kappa shape index (κ2) is 5.42. The number of pyridine rings is 1. The molecule has 6 heteroatoms. The largest absolute Gasteiger partial charge is 0.373 e. The fourth-order valence-corrected chi connectivity index (χ4v) is 2.23.